The van der Waals surface area contributed by atoms with Gasteiger partial charge in [0.25, 0.3) is 5.91 Å². The second kappa shape index (κ2) is 11.7. The summed E-state index contributed by atoms with van der Waals surface area (Å²) in [6.07, 6.45) is 3.84. The lowest BCUT2D eigenvalue weighted by atomic mass is 10.1. The van der Waals surface area contributed by atoms with E-state index in [2.05, 4.69) is 32.5 Å². The number of nitrogens with two attached hydrogens (primary N) is 1. The number of carbonyl (C=O) groups is 2. The molecule has 8 nitrogen and oxygen atoms in total. The molecule has 1 aromatic heterocycles. The Kier molecular flexibility index (Phi) is 8.14. The highest BCUT2D eigenvalue weighted by Crippen LogP contribution is 2.24. The number of amides is 2. The molecular formula is C27H31ClN6O2S. The minimum absolute atomic E-state index is 0.00369. The Bertz CT molecular complexity index is 1220. The van der Waals surface area contributed by atoms with E-state index in [1.54, 1.807) is 4.90 Å². The number of halogens is 1. The second-order valence-electron chi connectivity index (χ2n) is 9.79. The van der Waals surface area contributed by atoms with Gasteiger partial charge in [-0.25, -0.2) is 0 Å². The van der Waals surface area contributed by atoms with Gasteiger partial charge in [-0.1, -0.05) is 47.2 Å². The average molecular weight is 539 g/mol. The number of rotatable bonds is 8. The van der Waals surface area contributed by atoms with E-state index >= 15 is 0 Å². The smallest absolute Gasteiger partial charge is 0.282 e. The van der Waals surface area contributed by atoms with Crippen LogP contribution in [0, 0.1) is 0 Å². The molecule has 5 rings (SSSR count). The molecule has 2 saturated heterocycles. The van der Waals surface area contributed by atoms with Crippen molar-refractivity contribution in [1.29, 1.82) is 0 Å². The van der Waals surface area contributed by atoms with Crippen molar-refractivity contribution in [1.82, 2.24) is 20.4 Å². The van der Waals surface area contributed by atoms with Crippen LogP contribution in [0.3, 0.4) is 0 Å². The van der Waals surface area contributed by atoms with Gasteiger partial charge in [-0.05, 0) is 67.7 Å². The minimum atomic E-state index is -0.286. The maximum Gasteiger partial charge on any atom is 0.282 e. The summed E-state index contributed by atoms with van der Waals surface area (Å²) in [6, 6.07) is 15.9. The Morgan fingerprint density at radius 1 is 1.03 bits per heavy atom. The molecule has 2 fully saturated rings. The summed E-state index contributed by atoms with van der Waals surface area (Å²) < 4.78 is 0. The number of hydrogen-bond acceptors (Lipinski definition) is 7. The monoisotopic (exact) mass is 538 g/mol. The number of anilines is 1. The molecule has 10 heteroatoms. The van der Waals surface area contributed by atoms with Gasteiger partial charge in [0.2, 0.25) is 10.9 Å². The van der Waals surface area contributed by atoms with Crippen LogP contribution >= 0.6 is 22.9 Å². The topological polar surface area (TPSA) is 104 Å². The molecule has 0 unspecified atom stereocenters. The van der Waals surface area contributed by atoms with Gasteiger partial charge in [-0.15, -0.1) is 10.2 Å². The number of likely N-dealkylation sites (tertiary alicyclic amines) is 1. The number of nitrogens with zero attached hydrogens (tertiary/aromatic N) is 4. The molecule has 2 amide bonds. The Morgan fingerprint density at radius 3 is 2.46 bits per heavy atom. The largest absolute Gasteiger partial charge is 0.345 e. The third-order valence-electron chi connectivity index (χ3n) is 6.95. The number of piperidine rings is 1. The number of hydrogen-bond donors (Lipinski definition) is 2. The standard InChI is InChI=1S/C27H31ClN6O2S/c28-20-6-1-18(2-7-20)5-10-24-31-32-27(37-24)26(36)30-22-15-25(35)34(17-22)23-8-3-19(4-9-23)16-33-13-11-21(29)12-14-33/h1-4,6-9,21-22H,5,10-17,29H2,(H,30,36)/t22-/m1/s1. The molecule has 0 radical (unpaired) electrons. The molecule has 194 valence electrons. The van der Waals surface area contributed by atoms with Crippen LogP contribution in [0.1, 0.15) is 45.2 Å². The van der Waals surface area contributed by atoms with E-state index in [9.17, 15) is 9.59 Å². The molecule has 2 aliphatic heterocycles. The summed E-state index contributed by atoms with van der Waals surface area (Å²) in [5.41, 5.74) is 9.23. The Balaban J connectivity index is 1.11. The first-order chi connectivity index (χ1) is 17.9. The molecule has 1 atom stereocenters. The van der Waals surface area contributed by atoms with Crippen LogP contribution in [0.25, 0.3) is 0 Å². The van der Waals surface area contributed by atoms with Crippen molar-refractivity contribution < 1.29 is 9.59 Å². The van der Waals surface area contributed by atoms with Crippen molar-refractivity contribution in [2.24, 2.45) is 5.73 Å². The van der Waals surface area contributed by atoms with Crippen molar-refractivity contribution in [3.05, 3.63) is 74.7 Å². The van der Waals surface area contributed by atoms with E-state index in [1.165, 1.54) is 16.9 Å². The lowest BCUT2D eigenvalue weighted by Crippen LogP contribution is -2.39. The van der Waals surface area contributed by atoms with Crippen LogP contribution in [-0.2, 0) is 24.2 Å². The highest BCUT2D eigenvalue weighted by molar-refractivity contribution is 7.13. The van der Waals surface area contributed by atoms with Crippen molar-refractivity contribution in [2.75, 3.05) is 24.5 Å². The number of aryl methyl sites for hydroxylation is 2. The van der Waals surface area contributed by atoms with E-state index in [0.29, 0.717) is 29.0 Å². The third-order valence-corrected chi connectivity index (χ3v) is 8.18. The van der Waals surface area contributed by atoms with Gasteiger partial charge in [0.1, 0.15) is 5.01 Å². The normalized spacial score (nSPS) is 18.9. The number of aromatic nitrogens is 2. The zero-order chi connectivity index (χ0) is 25.8. The molecule has 37 heavy (non-hydrogen) atoms. The van der Waals surface area contributed by atoms with E-state index in [-0.39, 0.29) is 24.3 Å². The van der Waals surface area contributed by atoms with Gasteiger partial charge in [0.05, 0.1) is 6.04 Å². The average Bonchev–Trinajstić information content (AvgIpc) is 3.52. The van der Waals surface area contributed by atoms with Crippen LogP contribution < -0.4 is 16.0 Å². The zero-order valence-corrected chi connectivity index (χ0v) is 22.2. The predicted molar refractivity (Wildman–Crippen MR) is 146 cm³/mol. The molecule has 0 spiro atoms. The van der Waals surface area contributed by atoms with E-state index in [1.807, 2.05) is 36.4 Å². The van der Waals surface area contributed by atoms with Crippen LogP contribution in [0.15, 0.2) is 48.5 Å². The quantitative estimate of drug-likeness (QED) is 0.455. The molecular weight excluding hydrogens is 508 g/mol. The van der Waals surface area contributed by atoms with Gasteiger partial charge in [-0.3, -0.25) is 14.5 Å². The maximum absolute atomic E-state index is 12.8. The molecule has 3 aromatic rings. The first kappa shape index (κ1) is 25.8. The van der Waals surface area contributed by atoms with Crippen LogP contribution in [0.2, 0.25) is 5.02 Å². The highest BCUT2D eigenvalue weighted by Gasteiger charge is 2.32. The fraction of sp³-hybridized carbons (Fsp3) is 0.407. The lowest BCUT2D eigenvalue weighted by molar-refractivity contribution is -0.117. The summed E-state index contributed by atoms with van der Waals surface area (Å²) >= 11 is 7.23. The fourth-order valence-electron chi connectivity index (χ4n) is 4.80. The highest BCUT2D eigenvalue weighted by atomic mass is 35.5. The minimum Gasteiger partial charge on any atom is -0.345 e. The molecule has 2 aliphatic rings. The summed E-state index contributed by atoms with van der Waals surface area (Å²) in [4.78, 5) is 29.6. The van der Waals surface area contributed by atoms with Crippen LogP contribution in [0.4, 0.5) is 5.69 Å². The first-order valence-electron chi connectivity index (χ1n) is 12.7. The zero-order valence-electron chi connectivity index (χ0n) is 20.6. The van der Waals surface area contributed by atoms with Crippen molar-refractivity contribution in [2.45, 2.75) is 50.7 Å². The Hall–Kier alpha value is -2.85. The van der Waals surface area contributed by atoms with Gasteiger partial charge < -0.3 is 16.0 Å². The Morgan fingerprint density at radius 2 is 1.73 bits per heavy atom. The molecule has 2 aromatic carbocycles. The van der Waals surface area contributed by atoms with E-state index < -0.39 is 0 Å². The summed E-state index contributed by atoms with van der Waals surface area (Å²) in [5.74, 6) is -0.282. The van der Waals surface area contributed by atoms with Gasteiger partial charge in [-0.2, -0.15) is 0 Å². The second-order valence-corrected chi connectivity index (χ2v) is 11.3. The van der Waals surface area contributed by atoms with E-state index in [0.717, 1.165) is 55.2 Å². The first-order valence-corrected chi connectivity index (χ1v) is 13.9. The SMILES string of the molecule is NC1CCN(Cc2ccc(N3C[C@H](NC(=O)c4nnc(CCc5ccc(Cl)cc5)s4)CC3=O)cc2)CC1. The maximum atomic E-state index is 12.8. The van der Waals surface area contributed by atoms with Crippen molar-refractivity contribution >= 4 is 40.4 Å². The molecule has 0 saturated carbocycles. The lowest BCUT2D eigenvalue weighted by Gasteiger charge is -2.30. The molecule has 0 bridgehead atoms. The van der Waals surface area contributed by atoms with Crippen molar-refractivity contribution in [3.63, 3.8) is 0 Å². The van der Waals surface area contributed by atoms with Gasteiger partial charge in [0, 0.05) is 42.7 Å². The molecule has 3 heterocycles. The van der Waals surface area contributed by atoms with Gasteiger partial charge in [0.15, 0.2) is 0 Å². The van der Waals surface area contributed by atoms with Gasteiger partial charge >= 0.3 is 0 Å². The number of carbonyl (C=O) groups excluding carboxylic acids is 2. The Labute approximate surface area is 225 Å². The summed E-state index contributed by atoms with van der Waals surface area (Å²) in [7, 11) is 0. The summed E-state index contributed by atoms with van der Waals surface area (Å²) in [6.45, 7) is 3.38. The van der Waals surface area contributed by atoms with E-state index in [4.69, 9.17) is 17.3 Å². The third kappa shape index (κ3) is 6.73. The van der Waals surface area contributed by atoms with Crippen molar-refractivity contribution in [3.8, 4) is 0 Å². The fourth-order valence-corrected chi connectivity index (χ4v) is 5.67. The van der Waals surface area contributed by atoms with Crippen LogP contribution in [-0.4, -0.2) is 58.6 Å². The predicted octanol–water partition coefficient (Wildman–Crippen LogP) is 3.44. The summed E-state index contributed by atoms with van der Waals surface area (Å²) in [5, 5.41) is 13.0. The molecule has 0 aliphatic carbocycles. The van der Waals surface area contributed by atoms with Crippen LogP contribution in [0.5, 0.6) is 0 Å². The molecule has 3 N–H and O–H groups in total. The number of nitrogens with one attached hydrogen (secondary N) is 1. The number of benzene rings is 2.